The molecule has 0 spiro atoms. The van der Waals surface area contributed by atoms with Crippen molar-refractivity contribution in [1.29, 1.82) is 0 Å². The Morgan fingerprint density at radius 3 is 2.91 bits per heavy atom. The molecule has 0 aliphatic rings. The molecular formula is C15H16N6O. The first-order valence-electron chi connectivity index (χ1n) is 6.85. The zero-order valence-corrected chi connectivity index (χ0v) is 12.4. The van der Waals surface area contributed by atoms with Crippen LogP contribution in [0.3, 0.4) is 0 Å². The van der Waals surface area contributed by atoms with E-state index in [1.165, 1.54) is 0 Å². The fourth-order valence-corrected chi connectivity index (χ4v) is 2.21. The van der Waals surface area contributed by atoms with Crippen molar-refractivity contribution in [2.24, 2.45) is 7.05 Å². The van der Waals surface area contributed by atoms with Gasteiger partial charge in [0, 0.05) is 25.6 Å². The summed E-state index contributed by atoms with van der Waals surface area (Å²) in [5.74, 6) is -0.205. The van der Waals surface area contributed by atoms with E-state index < -0.39 is 0 Å². The van der Waals surface area contributed by atoms with Gasteiger partial charge in [-0.05, 0) is 24.6 Å². The molecule has 3 heterocycles. The average molecular weight is 296 g/mol. The van der Waals surface area contributed by atoms with Crippen LogP contribution in [0.25, 0.3) is 0 Å². The number of carbonyl (C=O) groups is 1. The summed E-state index contributed by atoms with van der Waals surface area (Å²) in [6, 6.07) is 5.60. The van der Waals surface area contributed by atoms with Crippen molar-refractivity contribution in [3.63, 3.8) is 0 Å². The Morgan fingerprint density at radius 1 is 1.36 bits per heavy atom. The van der Waals surface area contributed by atoms with Crippen LogP contribution in [0.2, 0.25) is 0 Å². The standard InChI is InChI=1S/C15H16N6O/c1-11-6-14(20(2)19-11)15(22)18-13-8-17-21(10-13)9-12-4-3-5-16-7-12/h3-8,10H,9H2,1-2H3,(H,18,22). The monoisotopic (exact) mass is 296 g/mol. The van der Waals surface area contributed by atoms with Crippen molar-refractivity contribution in [3.8, 4) is 0 Å². The second-order valence-corrected chi connectivity index (χ2v) is 5.04. The molecule has 3 aromatic heterocycles. The van der Waals surface area contributed by atoms with Crippen molar-refractivity contribution in [2.75, 3.05) is 5.32 Å². The zero-order chi connectivity index (χ0) is 15.5. The van der Waals surface area contributed by atoms with Crippen molar-refractivity contribution >= 4 is 11.6 Å². The minimum absolute atomic E-state index is 0.205. The third-order valence-corrected chi connectivity index (χ3v) is 3.19. The van der Waals surface area contributed by atoms with Gasteiger partial charge >= 0.3 is 0 Å². The quantitative estimate of drug-likeness (QED) is 0.793. The number of amides is 1. The van der Waals surface area contributed by atoms with Gasteiger partial charge in [-0.15, -0.1) is 0 Å². The highest BCUT2D eigenvalue weighted by Crippen LogP contribution is 2.10. The molecule has 0 fully saturated rings. The van der Waals surface area contributed by atoms with Crippen LogP contribution >= 0.6 is 0 Å². The van der Waals surface area contributed by atoms with E-state index in [0.717, 1.165) is 11.3 Å². The highest BCUT2D eigenvalue weighted by molar-refractivity contribution is 6.02. The number of anilines is 1. The average Bonchev–Trinajstić information content (AvgIpc) is 3.06. The lowest BCUT2D eigenvalue weighted by molar-refractivity contribution is 0.101. The molecule has 112 valence electrons. The van der Waals surface area contributed by atoms with Gasteiger partial charge in [0.2, 0.25) is 0 Å². The minimum Gasteiger partial charge on any atom is -0.318 e. The molecule has 1 N–H and O–H groups in total. The van der Waals surface area contributed by atoms with Crippen molar-refractivity contribution in [2.45, 2.75) is 13.5 Å². The second-order valence-electron chi connectivity index (χ2n) is 5.04. The maximum atomic E-state index is 12.2. The van der Waals surface area contributed by atoms with E-state index in [1.54, 1.807) is 47.3 Å². The first-order chi connectivity index (χ1) is 10.6. The molecule has 0 saturated carbocycles. The summed E-state index contributed by atoms with van der Waals surface area (Å²) in [5, 5.41) is 11.2. The van der Waals surface area contributed by atoms with E-state index in [2.05, 4.69) is 20.5 Å². The number of nitrogens with one attached hydrogen (secondary N) is 1. The number of aromatic nitrogens is 5. The molecule has 0 aromatic carbocycles. The molecular weight excluding hydrogens is 280 g/mol. The van der Waals surface area contributed by atoms with Crippen LogP contribution in [0.4, 0.5) is 5.69 Å². The summed E-state index contributed by atoms with van der Waals surface area (Å²) >= 11 is 0. The maximum absolute atomic E-state index is 12.2. The van der Waals surface area contributed by atoms with E-state index >= 15 is 0 Å². The van der Waals surface area contributed by atoms with Crippen molar-refractivity contribution in [3.05, 3.63) is 59.9 Å². The Labute approximate surface area is 127 Å². The van der Waals surface area contributed by atoms with Gasteiger partial charge in [0.1, 0.15) is 5.69 Å². The predicted octanol–water partition coefficient (Wildman–Crippen LogP) is 1.62. The smallest absolute Gasteiger partial charge is 0.274 e. The van der Waals surface area contributed by atoms with Crippen LogP contribution in [0.15, 0.2) is 43.0 Å². The summed E-state index contributed by atoms with van der Waals surface area (Å²) in [5.41, 5.74) is 3.01. The van der Waals surface area contributed by atoms with Gasteiger partial charge in [-0.25, -0.2) is 0 Å². The third-order valence-electron chi connectivity index (χ3n) is 3.19. The molecule has 3 aromatic rings. The number of hydrogen-bond donors (Lipinski definition) is 1. The van der Waals surface area contributed by atoms with Crippen molar-refractivity contribution < 1.29 is 4.79 Å². The van der Waals surface area contributed by atoms with Gasteiger partial charge in [-0.1, -0.05) is 6.07 Å². The van der Waals surface area contributed by atoms with Gasteiger partial charge < -0.3 is 5.32 Å². The molecule has 0 unspecified atom stereocenters. The van der Waals surface area contributed by atoms with Gasteiger partial charge in [0.05, 0.1) is 24.1 Å². The van der Waals surface area contributed by atoms with Crippen molar-refractivity contribution in [1.82, 2.24) is 24.5 Å². The number of aryl methyl sites for hydroxylation is 2. The normalized spacial score (nSPS) is 10.6. The molecule has 0 radical (unpaired) electrons. The fraction of sp³-hybridized carbons (Fsp3) is 0.200. The van der Waals surface area contributed by atoms with Crippen LogP contribution in [0.5, 0.6) is 0 Å². The molecule has 0 aliphatic carbocycles. The largest absolute Gasteiger partial charge is 0.318 e. The summed E-state index contributed by atoms with van der Waals surface area (Å²) in [6.07, 6.45) is 6.93. The molecule has 0 bridgehead atoms. The summed E-state index contributed by atoms with van der Waals surface area (Å²) < 4.78 is 3.31. The first-order valence-corrected chi connectivity index (χ1v) is 6.85. The second kappa shape index (κ2) is 5.80. The molecule has 0 atom stereocenters. The van der Waals surface area contributed by atoms with Crippen LogP contribution in [-0.4, -0.2) is 30.5 Å². The Bertz CT molecular complexity index is 789. The van der Waals surface area contributed by atoms with Crippen LogP contribution < -0.4 is 5.32 Å². The minimum atomic E-state index is -0.205. The highest BCUT2D eigenvalue weighted by atomic mass is 16.2. The lowest BCUT2D eigenvalue weighted by atomic mass is 10.3. The van der Waals surface area contributed by atoms with Gasteiger partial charge in [-0.2, -0.15) is 10.2 Å². The summed E-state index contributed by atoms with van der Waals surface area (Å²) in [7, 11) is 1.74. The predicted molar refractivity (Wildman–Crippen MR) is 81.5 cm³/mol. The Morgan fingerprint density at radius 2 is 2.23 bits per heavy atom. The summed E-state index contributed by atoms with van der Waals surface area (Å²) in [4.78, 5) is 16.3. The molecule has 7 heteroatoms. The van der Waals surface area contributed by atoms with Gasteiger partial charge in [-0.3, -0.25) is 19.1 Å². The zero-order valence-electron chi connectivity index (χ0n) is 12.4. The lowest BCUT2D eigenvalue weighted by Crippen LogP contribution is -2.15. The Balaban J connectivity index is 1.69. The number of pyridine rings is 1. The molecule has 7 nitrogen and oxygen atoms in total. The molecule has 1 amide bonds. The van der Waals surface area contributed by atoms with E-state index in [9.17, 15) is 4.79 Å². The maximum Gasteiger partial charge on any atom is 0.274 e. The SMILES string of the molecule is Cc1cc(C(=O)Nc2cnn(Cc3cccnc3)c2)n(C)n1. The topological polar surface area (TPSA) is 77.6 Å². The van der Waals surface area contributed by atoms with E-state index in [4.69, 9.17) is 0 Å². The molecule has 0 saturated heterocycles. The van der Waals surface area contributed by atoms with Crippen LogP contribution in [0.1, 0.15) is 21.7 Å². The number of carbonyl (C=O) groups excluding carboxylic acids is 1. The lowest BCUT2D eigenvalue weighted by Gasteiger charge is -2.02. The number of hydrogen-bond acceptors (Lipinski definition) is 4. The molecule has 3 rings (SSSR count). The Hall–Kier alpha value is -2.96. The fourth-order valence-electron chi connectivity index (χ4n) is 2.21. The third kappa shape index (κ3) is 3.03. The molecule has 22 heavy (non-hydrogen) atoms. The van der Waals surface area contributed by atoms with Crippen LogP contribution in [-0.2, 0) is 13.6 Å². The van der Waals surface area contributed by atoms with Crippen LogP contribution in [0, 0.1) is 6.92 Å². The Kier molecular flexibility index (Phi) is 3.69. The van der Waals surface area contributed by atoms with Gasteiger partial charge in [0.15, 0.2) is 0 Å². The number of rotatable bonds is 4. The van der Waals surface area contributed by atoms with E-state index in [1.807, 2.05) is 19.1 Å². The van der Waals surface area contributed by atoms with E-state index in [-0.39, 0.29) is 5.91 Å². The molecule has 0 aliphatic heterocycles. The van der Waals surface area contributed by atoms with Gasteiger partial charge in [0.25, 0.3) is 5.91 Å². The van der Waals surface area contributed by atoms with E-state index in [0.29, 0.717) is 17.9 Å². The number of nitrogens with zero attached hydrogens (tertiary/aromatic N) is 5. The summed E-state index contributed by atoms with van der Waals surface area (Å²) in [6.45, 7) is 2.46. The first kappa shape index (κ1) is 14.0. The highest BCUT2D eigenvalue weighted by Gasteiger charge is 2.12.